The number of nitrogens with one attached hydrogen (secondary N) is 1. The Bertz CT molecular complexity index is 562. The highest BCUT2D eigenvalue weighted by Gasteiger charge is 2.20. The van der Waals surface area contributed by atoms with E-state index in [9.17, 15) is 4.79 Å². The van der Waals surface area contributed by atoms with Gasteiger partial charge in [-0.05, 0) is 25.3 Å². The highest BCUT2D eigenvalue weighted by Crippen LogP contribution is 2.19. The first kappa shape index (κ1) is 20.2. The van der Waals surface area contributed by atoms with Crippen LogP contribution in [0.5, 0.6) is 5.88 Å². The molecule has 1 aromatic rings. The van der Waals surface area contributed by atoms with E-state index in [0.29, 0.717) is 23.2 Å². The third kappa shape index (κ3) is 5.99. The predicted molar refractivity (Wildman–Crippen MR) is 90.9 cm³/mol. The number of nitrogens with zero attached hydrogens (tertiary/aromatic N) is 2. The van der Waals surface area contributed by atoms with Gasteiger partial charge in [0.1, 0.15) is 31.4 Å². The number of amides is 1. The van der Waals surface area contributed by atoms with Crippen LogP contribution in [0.15, 0.2) is 12.1 Å². The number of likely N-dealkylation sites (tertiary alicyclic amines) is 1. The Labute approximate surface area is 159 Å². The van der Waals surface area contributed by atoms with Crippen LogP contribution in [0.4, 0.5) is 0 Å². The number of rotatable bonds is 5. The zero-order valence-corrected chi connectivity index (χ0v) is 15.8. The zero-order valence-electron chi connectivity index (χ0n) is 14.3. The molecule has 6 nitrogen and oxygen atoms in total. The summed E-state index contributed by atoms with van der Waals surface area (Å²) in [4.78, 5) is 20.1. The number of hydrogen-bond acceptors (Lipinski definition) is 4. The number of carbonyl (C=O) groups is 1. The minimum Gasteiger partial charge on any atom is -1.00 e. The molecular weight excluding hydrogens is 365 g/mol. The normalized spacial score (nSPS) is 18.5. The molecule has 0 unspecified atom stereocenters. The maximum Gasteiger partial charge on any atom is 0.254 e. The number of carbonyl (C=O) groups excluding carboxylic acids is 1. The Morgan fingerprint density at radius 3 is 2.68 bits per heavy atom. The third-order valence-corrected chi connectivity index (χ3v) is 4.76. The lowest BCUT2D eigenvalue weighted by Gasteiger charge is -2.26. The summed E-state index contributed by atoms with van der Waals surface area (Å²) in [6.07, 6.45) is 3.32. The fraction of sp³-hybridized carbons (Fsp3) is 0.647. The third-order valence-electron chi connectivity index (χ3n) is 4.57. The quantitative estimate of drug-likeness (QED) is 0.573. The Balaban J connectivity index is 0.00000225. The van der Waals surface area contributed by atoms with Gasteiger partial charge in [-0.2, -0.15) is 0 Å². The summed E-state index contributed by atoms with van der Waals surface area (Å²) in [5, 5.41) is 0.298. The molecule has 0 aromatic carbocycles. The summed E-state index contributed by atoms with van der Waals surface area (Å²) in [6, 6.07) is 3.33. The fourth-order valence-corrected chi connectivity index (χ4v) is 3.36. The van der Waals surface area contributed by atoms with Crippen LogP contribution in [0.3, 0.4) is 0 Å². The summed E-state index contributed by atoms with van der Waals surface area (Å²) in [6.45, 7) is 6.70. The number of halogens is 2. The van der Waals surface area contributed by atoms with Gasteiger partial charge in [0.15, 0.2) is 0 Å². The second-order valence-corrected chi connectivity index (χ2v) is 6.72. The first-order valence-electron chi connectivity index (χ1n) is 8.73. The summed E-state index contributed by atoms with van der Waals surface area (Å²) in [7, 11) is 0. The van der Waals surface area contributed by atoms with Gasteiger partial charge in [-0.25, -0.2) is 4.98 Å². The van der Waals surface area contributed by atoms with Crippen molar-refractivity contribution < 1.29 is 31.6 Å². The molecule has 0 bridgehead atoms. The molecule has 2 saturated heterocycles. The molecule has 2 aliphatic rings. The molecule has 3 rings (SSSR count). The molecule has 0 spiro atoms. The van der Waals surface area contributed by atoms with Crippen LogP contribution >= 0.6 is 11.6 Å². The standard InChI is InChI=1S/C17H24ClN3O3.ClH/c18-15-12-14(17(22)21-4-2-1-3-5-21)13-16(19-15)24-11-8-20-6-9-23-10-7-20;/h12-13H,1-11H2;1H. The van der Waals surface area contributed by atoms with Crippen molar-refractivity contribution in [2.24, 2.45) is 0 Å². The summed E-state index contributed by atoms with van der Waals surface area (Å²) < 4.78 is 11.1. The van der Waals surface area contributed by atoms with Crippen molar-refractivity contribution in [3.63, 3.8) is 0 Å². The lowest BCUT2D eigenvalue weighted by Crippen LogP contribution is -3.14. The molecule has 1 aromatic heterocycles. The van der Waals surface area contributed by atoms with Crippen LogP contribution in [-0.4, -0.2) is 68.3 Å². The Morgan fingerprint density at radius 1 is 1.24 bits per heavy atom. The average molecular weight is 390 g/mol. The summed E-state index contributed by atoms with van der Waals surface area (Å²) in [5.41, 5.74) is 0.561. The van der Waals surface area contributed by atoms with E-state index in [1.807, 2.05) is 4.90 Å². The van der Waals surface area contributed by atoms with E-state index in [1.165, 1.54) is 11.3 Å². The van der Waals surface area contributed by atoms with Gasteiger partial charge in [-0.15, -0.1) is 0 Å². The monoisotopic (exact) mass is 389 g/mol. The molecule has 0 aliphatic carbocycles. The first-order valence-corrected chi connectivity index (χ1v) is 9.11. The van der Waals surface area contributed by atoms with Gasteiger partial charge in [-0.3, -0.25) is 4.79 Å². The van der Waals surface area contributed by atoms with Gasteiger partial charge in [0.25, 0.3) is 5.91 Å². The highest BCUT2D eigenvalue weighted by molar-refractivity contribution is 6.29. The van der Waals surface area contributed by atoms with Gasteiger partial charge in [-0.1, -0.05) is 11.6 Å². The van der Waals surface area contributed by atoms with Gasteiger partial charge >= 0.3 is 0 Å². The molecular formula is C17H25Cl2N3O3. The molecule has 2 fully saturated rings. The van der Waals surface area contributed by atoms with E-state index in [1.54, 1.807) is 12.1 Å². The predicted octanol–water partition coefficient (Wildman–Crippen LogP) is -2.34. The minimum atomic E-state index is 0. The average Bonchev–Trinajstić information content (AvgIpc) is 2.62. The molecule has 140 valence electrons. The molecule has 3 heterocycles. The van der Waals surface area contributed by atoms with Crippen molar-refractivity contribution in [2.75, 3.05) is 52.5 Å². The maximum absolute atomic E-state index is 12.6. The van der Waals surface area contributed by atoms with E-state index < -0.39 is 0 Å². The van der Waals surface area contributed by atoms with Crippen LogP contribution in [0, 0.1) is 0 Å². The summed E-state index contributed by atoms with van der Waals surface area (Å²) in [5.74, 6) is 0.443. The number of hydrogen-bond donors (Lipinski definition) is 1. The molecule has 0 atom stereocenters. The van der Waals surface area contributed by atoms with Crippen molar-refractivity contribution in [1.82, 2.24) is 9.88 Å². The van der Waals surface area contributed by atoms with E-state index in [-0.39, 0.29) is 18.3 Å². The van der Waals surface area contributed by atoms with Crippen molar-refractivity contribution in [3.05, 3.63) is 22.8 Å². The number of pyridine rings is 1. The van der Waals surface area contributed by atoms with Gasteiger partial charge in [0.2, 0.25) is 5.88 Å². The number of aromatic nitrogens is 1. The number of morpholine rings is 1. The van der Waals surface area contributed by atoms with Crippen LogP contribution in [0.1, 0.15) is 29.6 Å². The lowest BCUT2D eigenvalue weighted by atomic mass is 10.1. The summed E-state index contributed by atoms with van der Waals surface area (Å²) >= 11 is 6.08. The Hall–Kier alpha value is -1.08. The second-order valence-electron chi connectivity index (χ2n) is 6.33. The topological polar surface area (TPSA) is 56.1 Å². The smallest absolute Gasteiger partial charge is 0.254 e. The fourth-order valence-electron chi connectivity index (χ4n) is 3.16. The van der Waals surface area contributed by atoms with Crippen molar-refractivity contribution in [3.8, 4) is 5.88 Å². The minimum absolute atomic E-state index is 0. The molecule has 8 heteroatoms. The van der Waals surface area contributed by atoms with Crippen molar-refractivity contribution >= 4 is 17.5 Å². The molecule has 0 saturated carbocycles. The number of ether oxygens (including phenoxy) is 2. The molecule has 0 radical (unpaired) electrons. The van der Waals surface area contributed by atoms with E-state index in [0.717, 1.165) is 58.8 Å². The van der Waals surface area contributed by atoms with Crippen LogP contribution in [0.25, 0.3) is 0 Å². The van der Waals surface area contributed by atoms with Crippen molar-refractivity contribution in [1.29, 1.82) is 0 Å². The molecule has 1 N–H and O–H groups in total. The highest BCUT2D eigenvalue weighted by atomic mass is 35.5. The van der Waals surface area contributed by atoms with E-state index >= 15 is 0 Å². The Kier molecular flexibility index (Phi) is 8.22. The largest absolute Gasteiger partial charge is 1.00 e. The molecule has 25 heavy (non-hydrogen) atoms. The Morgan fingerprint density at radius 2 is 1.96 bits per heavy atom. The van der Waals surface area contributed by atoms with Gasteiger partial charge in [0, 0.05) is 24.7 Å². The van der Waals surface area contributed by atoms with Gasteiger partial charge in [0.05, 0.1) is 13.2 Å². The maximum atomic E-state index is 12.6. The van der Waals surface area contributed by atoms with E-state index in [2.05, 4.69) is 4.98 Å². The SMILES string of the molecule is O=C(c1cc(Cl)nc(OCC[NH+]2CCOCC2)c1)N1CCCCC1.[Cl-]. The van der Waals surface area contributed by atoms with E-state index in [4.69, 9.17) is 21.1 Å². The molecule has 1 amide bonds. The van der Waals surface area contributed by atoms with Crippen molar-refractivity contribution in [2.45, 2.75) is 19.3 Å². The zero-order chi connectivity index (χ0) is 16.8. The van der Waals surface area contributed by atoms with Crippen LogP contribution in [0.2, 0.25) is 5.15 Å². The second kappa shape index (κ2) is 10.2. The first-order chi connectivity index (χ1) is 11.7. The number of piperidine rings is 1. The van der Waals surface area contributed by atoms with Crippen LogP contribution in [-0.2, 0) is 4.74 Å². The number of quaternary nitrogens is 1. The molecule has 2 aliphatic heterocycles. The van der Waals surface area contributed by atoms with Gasteiger partial charge < -0.3 is 31.7 Å². The lowest BCUT2D eigenvalue weighted by molar-refractivity contribution is -0.908. The van der Waals surface area contributed by atoms with Crippen LogP contribution < -0.4 is 22.0 Å².